The second-order valence-electron chi connectivity index (χ2n) is 6.96. The fourth-order valence-electron chi connectivity index (χ4n) is 3.65. The standard InChI is InChI=1S/C23H22N2O2/c1-16-13-17(2)21-6-4-12-25(22(21)14-16)23(26)18-7-9-19(10-8-18)27-20-5-3-11-24-15-20/h3,5,7-11,13-15H,4,6,12H2,1-2H3. The van der Waals surface area contributed by atoms with Crippen LogP contribution in [0.15, 0.2) is 60.9 Å². The number of benzene rings is 2. The molecule has 0 fully saturated rings. The van der Waals surface area contributed by atoms with Crippen molar-refractivity contribution in [2.75, 3.05) is 11.4 Å². The van der Waals surface area contributed by atoms with Crippen molar-refractivity contribution in [1.82, 2.24) is 4.98 Å². The van der Waals surface area contributed by atoms with Crippen LogP contribution in [0.3, 0.4) is 0 Å². The van der Waals surface area contributed by atoms with Crippen molar-refractivity contribution >= 4 is 11.6 Å². The molecule has 0 spiro atoms. The third kappa shape index (κ3) is 3.56. The summed E-state index contributed by atoms with van der Waals surface area (Å²) in [6.45, 7) is 4.96. The molecule has 3 aromatic rings. The molecular formula is C23H22N2O2. The van der Waals surface area contributed by atoms with Gasteiger partial charge in [-0.15, -0.1) is 0 Å². The lowest BCUT2D eigenvalue weighted by atomic mass is 9.94. The molecule has 0 saturated heterocycles. The van der Waals surface area contributed by atoms with Crippen molar-refractivity contribution in [3.63, 3.8) is 0 Å². The lowest BCUT2D eigenvalue weighted by Gasteiger charge is -2.31. The van der Waals surface area contributed by atoms with E-state index in [4.69, 9.17) is 4.74 Å². The molecule has 0 bridgehead atoms. The first-order valence-corrected chi connectivity index (χ1v) is 9.22. The first-order valence-electron chi connectivity index (χ1n) is 9.22. The minimum absolute atomic E-state index is 0.0360. The topological polar surface area (TPSA) is 42.4 Å². The van der Waals surface area contributed by atoms with Crippen LogP contribution in [0.1, 0.15) is 33.5 Å². The van der Waals surface area contributed by atoms with Crippen LogP contribution in [0.25, 0.3) is 0 Å². The summed E-state index contributed by atoms with van der Waals surface area (Å²) >= 11 is 0. The van der Waals surface area contributed by atoms with Gasteiger partial charge in [0, 0.05) is 24.0 Å². The van der Waals surface area contributed by atoms with E-state index in [9.17, 15) is 4.79 Å². The summed E-state index contributed by atoms with van der Waals surface area (Å²) in [6, 6.07) is 15.3. The Kier molecular flexibility index (Phi) is 4.63. The van der Waals surface area contributed by atoms with E-state index < -0.39 is 0 Å². The van der Waals surface area contributed by atoms with Crippen LogP contribution < -0.4 is 9.64 Å². The number of aryl methyl sites for hydroxylation is 2. The minimum Gasteiger partial charge on any atom is -0.456 e. The lowest BCUT2D eigenvalue weighted by Crippen LogP contribution is -2.35. The van der Waals surface area contributed by atoms with Crippen LogP contribution in [0.5, 0.6) is 11.5 Å². The largest absolute Gasteiger partial charge is 0.456 e. The van der Waals surface area contributed by atoms with E-state index in [1.54, 1.807) is 12.4 Å². The van der Waals surface area contributed by atoms with E-state index >= 15 is 0 Å². The fraction of sp³-hybridized carbons (Fsp3) is 0.217. The number of ether oxygens (including phenoxy) is 1. The molecule has 1 aliphatic rings. The molecule has 2 aromatic carbocycles. The minimum atomic E-state index is 0.0360. The van der Waals surface area contributed by atoms with Crippen molar-refractivity contribution in [3.8, 4) is 11.5 Å². The van der Waals surface area contributed by atoms with Crippen molar-refractivity contribution in [1.29, 1.82) is 0 Å². The van der Waals surface area contributed by atoms with Crippen LogP contribution in [0, 0.1) is 13.8 Å². The Labute approximate surface area is 159 Å². The second-order valence-corrected chi connectivity index (χ2v) is 6.96. The van der Waals surface area contributed by atoms with Gasteiger partial charge in [-0.2, -0.15) is 0 Å². The van der Waals surface area contributed by atoms with Crippen LogP contribution in [0.2, 0.25) is 0 Å². The quantitative estimate of drug-likeness (QED) is 0.655. The summed E-state index contributed by atoms with van der Waals surface area (Å²) in [4.78, 5) is 19.1. The summed E-state index contributed by atoms with van der Waals surface area (Å²) in [6.07, 6.45) is 5.39. The zero-order valence-electron chi connectivity index (χ0n) is 15.6. The zero-order chi connectivity index (χ0) is 18.8. The number of aromatic nitrogens is 1. The Morgan fingerprint density at radius 1 is 1.07 bits per heavy atom. The van der Waals surface area contributed by atoms with Crippen LogP contribution in [0.4, 0.5) is 5.69 Å². The third-order valence-corrected chi connectivity index (χ3v) is 4.91. The lowest BCUT2D eigenvalue weighted by molar-refractivity contribution is 0.0985. The average Bonchev–Trinajstić information content (AvgIpc) is 2.68. The molecule has 0 saturated carbocycles. The van der Waals surface area contributed by atoms with Crippen molar-refractivity contribution in [3.05, 3.63) is 83.2 Å². The summed E-state index contributed by atoms with van der Waals surface area (Å²) in [5, 5.41) is 0. The Morgan fingerprint density at radius 2 is 1.89 bits per heavy atom. The molecule has 1 aromatic heterocycles. The molecule has 4 heteroatoms. The number of rotatable bonds is 3. The number of anilines is 1. The molecular weight excluding hydrogens is 336 g/mol. The van der Waals surface area contributed by atoms with Crippen molar-refractivity contribution < 1.29 is 9.53 Å². The fourth-order valence-corrected chi connectivity index (χ4v) is 3.65. The number of hydrogen-bond acceptors (Lipinski definition) is 3. The molecule has 2 heterocycles. The molecule has 27 heavy (non-hydrogen) atoms. The maximum atomic E-state index is 13.1. The molecule has 0 aliphatic carbocycles. The maximum absolute atomic E-state index is 13.1. The van der Waals surface area contributed by atoms with Crippen molar-refractivity contribution in [2.45, 2.75) is 26.7 Å². The molecule has 1 amide bonds. The number of carbonyl (C=O) groups is 1. The Hall–Kier alpha value is -3.14. The first kappa shape index (κ1) is 17.3. The summed E-state index contributed by atoms with van der Waals surface area (Å²) in [7, 11) is 0. The van der Waals surface area contributed by atoms with Crippen molar-refractivity contribution in [2.24, 2.45) is 0 Å². The highest BCUT2D eigenvalue weighted by Gasteiger charge is 2.24. The smallest absolute Gasteiger partial charge is 0.258 e. The van der Waals surface area contributed by atoms with Gasteiger partial charge in [-0.05, 0) is 85.8 Å². The predicted molar refractivity (Wildman–Crippen MR) is 107 cm³/mol. The molecule has 0 atom stereocenters. The van der Waals surface area contributed by atoms with E-state index in [1.165, 1.54) is 16.7 Å². The van der Waals surface area contributed by atoms with Crippen LogP contribution in [-0.4, -0.2) is 17.4 Å². The van der Waals surface area contributed by atoms with E-state index in [-0.39, 0.29) is 5.91 Å². The predicted octanol–water partition coefficient (Wildman–Crippen LogP) is 5.08. The maximum Gasteiger partial charge on any atom is 0.258 e. The van der Waals surface area contributed by atoms with Gasteiger partial charge in [-0.25, -0.2) is 0 Å². The van der Waals surface area contributed by atoms with E-state index in [0.717, 1.165) is 25.1 Å². The van der Waals surface area contributed by atoms with Crippen LogP contribution >= 0.6 is 0 Å². The Bertz CT molecular complexity index is 966. The van der Waals surface area contributed by atoms with Gasteiger partial charge in [0.2, 0.25) is 0 Å². The van der Waals surface area contributed by atoms with Gasteiger partial charge in [-0.3, -0.25) is 9.78 Å². The highest BCUT2D eigenvalue weighted by atomic mass is 16.5. The monoisotopic (exact) mass is 358 g/mol. The molecule has 4 rings (SSSR count). The normalized spacial score (nSPS) is 13.2. The number of nitrogens with zero attached hydrogens (tertiary/aromatic N) is 2. The van der Waals surface area contributed by atoms with Gasteiger partial charge in [-0.1, -0.05) is 6.07 Å². The second kappa shape index (κ2) is 7.23. The number of pyridine rings is 1. The average molecular weight is 358 g/mol. The van der Waals surface area contributed by atoms with Gasteiger partial charge in [0.25, 0.3) is 5.91 Å². The number of amides is 1. The highest BCUT2D eigenvalue weighted by molar-refractivity contribution is 6.07. The zero-order valence-corrected chi connectivity index (χ0v) is 15.6. The third-order valence-electron chi connectivity index (χ3n) is 4.91. The van der Waals surface area contributed by atoms with Gasteiger partial charge in [0.1, 0.15) is 11.5 Å². The number of hydrogen-bond donors (Lipinski definition) is 0. The van der Waals surface area contributed by atoms with E-state index in [0.29, 0.717) is 17.1 Å². The molecule has 136 valence electrons. The van der Waals surface area contributed by atoms with E-state index in [2.05, 4.69) is 31.0 Å². The molecule has 0 radical (unpaired) electrons. The summed E-state index contributed by atoms with van der Waals surface area (Å²) in [5.41, 5.74) is 5.46. The number of fused-ring (bicyclic) bond motifs is 1. The Balaban J connectivity index is 1.57. The first-order chi connectivity index (χ1) is 13.1. The van der Waals surface area contributed by atoms with Crippen LogP contribution in [-0.2, 0) is 6.42 Å². The van der Waals surface area contributed by atoms with Gasteiger partial charge >= 0.3 is 0 Å². The van der Waals surface area contributed by atoms with Gasteiger partial charge in [0.05, 0.1) is 6.20 Å². The summed E-state index contributed by atoms with van der Waals surface area (Å²) < 4.78 is 5.76. The SMILES string of the molecule is Cc1cc(C)c2c(c1)N(C(=O)c1ccc(Oc3cccnc3)cc1)CCC2. The highest BCUT2D eigenvalue weighted by Crippen LogP contribution is 2.32. The molecule has 1 aliphatic heterocycles. The Morgan fingerprint density at radius 3 is 2.63 bits per heavy atom. The number of carbonyl (C=O) groups excluding carboxylic acids is 1. The molecule has 0 N–H and O–H groups in total. The molecule has 4 nitrogen and oxygen atoms in total. The molecule has 0 unspecified atom stereocenters. The van der Waals surface area contributed by atoms with Gasteiger partial charge < -0.3 is 9.64 Å². The van der Waals surface area contributed by atoms with Gasteiger partial charge in [0.15, 0.2) is 0 Å². The summed E-state index contributed by atoms with van der Waals surface area (Å²) in [5.74, 6) is 1.40. The van der Waals surface area contributed by atoms with E-state index in [1.807, 2.05) is 41.3 Å².